The molecule has 0 aromatic heterocycles. The lowest BCUT2D eigenvalue weighted by Gasteiger charge is -2.22. The predicted molar refractivity (Wildman–Crippen MR) is 66.4 cm³/mol. The molecule has 1 fully saturated rings. The summed E-state index contributed by atoms with van der Waals surface area (Å²) in [6.07, 6.45) is 0. The Morgan fingerprint density at radius 1 is 1.59 bits per heavy atom. The summed E-state index contributed by atoms with van der Waals surface area (Å²) in [5.74, 6) is 1.02. The predicted octanol–water partition coefficient (Wildman–Crippen LogP) is 1.72. The molecule has 0 aliphatic carbocycles. The average molecular weight is 255 g/mol. The van der Waals surface area contributed by atoms with Crippen molar-refractivity contribution in [2.75, 3.05) is 25.2 Å². The van der Waals surface area contributed by atoms with Gasteiger partial charge in [-0.15, -0.1) is 0 Å². The van der Waals surface area contributed by atoms with E-state index in [1.54, 1.807) is 17.8 Å². The summed E-state index contributed by atoms with van der Waals surface area (Å²) in [7, 11) is 1.39. The van der Waals surface area contributed by atoms with Crippen molar-refractivity contribution in [1.82, 2.24) is 5.32 Å². The third-order valence-electron chi connectivity index (χ3n) is 2.69. The smallest absolute Gasteiger partial charge is 0.183 e. The Labute approximate surface area is 104 Å². The first-order valence-corrected chi connectivity index (χ1v) is 6.57. The highest BCUT2D eigenvalue weighted by atomic mass is 32.2. The first kappa shape index (κ1) is 12.4. The Balaban J connectivity index is 2.23. The second kappa shape index (κ2) is 5.51. The van der Waals surface area contributed by atoms with Gasteiger partial charge in [0.15, 0.2) is 17.3 Å². The highest BCUT2D eigenvalue weighted by Crippen LogP contribution is 2.22. The number of methoxy groups -OCH3 is 1. The molecule has 0 bridgehead atoms. The van der Waals surface area contributed by atoms with Crippen LogP contribution in [0.25, 0.3) is 0 Å². The van der Waals surface area contributed by atoms with Gasteiger partial charge in [-0.05, 0) is 12.1 Å². The minimum absolute atomic E-state index is 0.101. The lowest BCUT2D eigenvalue weighted by Crippen LogP contribution is -2.43. The standard InChI is InChI=1S/C12H14FNO2S/c1-16-10-4-2-3-8(11(10)13)12(15)9-7-17-6-5-14-9/h2-4,9,14H,5-7H2,1H3. The molecule has 2 rings (SSSR count). The summed E-state index contributed by atoms with van der Waals surface area (Å²) in [5, 5.41) is 3.10. The van der Waals surface area contributed by atoms with Gasteiger partial charge in [0.2, 0.25) is 0 Å². The van der Waals surface area contributed by atoms with E-state index in [0.717, 1.165) is 12.3 Å². The molecule has 17 heavy (non-hydrogen) atoms. The molecule has 1 N–H and O–H groups in total. The summed E-state index contributed by atoms with van der Waals surface area (Å²) in [6, 6.07) is 4.34. The summed E-state index contributed by atoms with van der Waals surface area (Å²) in [5.41, 5.74) is 0.101. The zero-order valence-electron chi connectivity index (χ0n) is 9.53. The highest BCUT2D eigenvalue weighted by Gasteiger charge is 2.25. The number of ether oxygens (including phenoxy) is 1. The highest BCUT2D eigenvalue weighted by molar-refractivity contribution is 7.99. The first-order chi connectivity index (χ1) is 8.24. The molecule has 1 unspecified atom stereocenters. The first-order valence-electron chi connectivity index (χ1n) is 5.42. The Kier molecular flexibility index (Phi) is 4.02. The molecule has 1 aromatic carbocycles. The summed E-state index contributed by atoms with van der Waals surface area (Å²) in [6.45, 7) is 0.784. The van der Waals surface area contributed by atoms with Gasteiger partial charge in [-0.1, -0.05) is 6.07 Å². The number of ketones is 1. The van der Waals surface area contributed by atoms with Crippen molar-refractivity contribution in [3.63, 3.8) is 0 Å². The summed E-state index contributed by atoms with van der Waals surface area (Å²) >= 11 is 1.70. The molecule has 92 valence electrons. The number of hydrogen-bond donors (Lipinski definition) is 1. The maximum absolute atomic E-state index is 13.9. The Morgan fingerprint density at radius 3 is 3.06 bits per heavy atom. The van der Waals surface area contributed by atoms with E-state index in [1.807, 2.05) is 0 Å². The Hall–Kier alpha value is -1.07. The van der Waals surface area contributed by atoms with Crippen LogP contribution in [0.2, 0.25) is 0 Å². The zero-order valence-corrected chi connectivity index (χ0v) is 10.3. The van der Waals surface area contributed by atoms with Gasteiger partial charge in [0.05, 0.1) is 18.7 Å². The van der Waals surface area contributed by atoms with Crippen LogP contribution in [0.4, 0.5) is 4.39 Å². The largest absolute Gasteiger partial charge is 0.494 e. The van der Waals surface area contributed by atoms with Gasteiger partial charge in [0.25, 0.3) is 0 Å². The van der Waals surface area contributed by atoms with E-state index in [4.69, 9.17) is 4.74 Å². The molecule has 5 heteroatoms. The van der Waals surface area contributed by atoms with E-state index in [2.05, 4.69) is 5.32 Å². The van der Waals surface area contributed by atoms with Crippen LogP contribution in [-0.2, 0) is 0 Å². The van der Waals surface area contributed by atoms with E-state index in [-0.39, 0.29) is 23.1 Å². The van der Waals surface area contributed by atoms with Gasteiger partial charge in [0.1, 0.15) is 0 Å². The Bertz CT molecular complexity index is 419. The van der Waals surface area contributed by atoms with Crippen molar-refractivity contribution in [1.29, 1.82) is 0 Å². The number of hydrogen-bond acceptors (Lipinski definition) is 4. The second-order valence-electron chi connectivity index (χ2n) is 3.77. The van der Waals surface area contributed by atoms with Gasteiger partial charge in [-0.2, -0.15) is 11.8 Å². The number of carbonyl (C=O) groups is 1. The molecule has 1 aromatic rings. The Morgan fingerprint density at radius 2 is 2.41 bits per heavy atom. The van der Waals surface area contributed by atoms with E-state index in [0.29, 0.717) is 5.75 Å². The second-order valence-corrected chi connectivity index (χ2v) is 4.92. The van der Waals surface area contributed by atoms with Crippen molar-refractivity contribution in [2.45, 2.75) is 6.04 Å². The molecular formula is C12H14FNO2S. The normalized spacial score (nSPS) is 20.0. The van der Waals surface area contributed by atoms with Crippen molar-refractivity contribution in [3.05, 3.63) is 29.6 Å². The van der Waals surface area contributed by atoms with Crippen molar-refractivity contribution < 1.29 is 13.9 Å². The summed E-state index contributed by atoms with van der Waals surface area (Å²) < 4.78 is 18.8. The van der Waals surface area contributed by atoms with Crippen LogP contribution in [0, 0.1) is 5.82 Å². The lowest BCUT2D eigenvalue weighted by atomic mass is 10.0. The molecule has 1 saturated heterocycles. The number of halogens is 1. The molecule has 1 atom stereocenters. The number of benzene rings is 1. The van der Waals surface area contributed by atoms with Gasteiger partial charge < -0.3 is 10.1 Å². The topological polar surface area (TPSA) is 38.3 Å². The number of rotatable bonds is 3. The molecule has 3 nitrogen and oxygen atoms in total. The molecule has 0 spiro atoms. The minimum atomic E-state index is -0.572. The maximum Gasteiger partial charge on any atom is 0.183 e. The fourth-order valence-electron chi connectivity index (χ4n) is 1.78. The molecule has 0 saturated carbocycles. The van der Waals surface area contributed by atoms with Crippen LogP contribution in [-0.4, -0.2) is 37.0 Å². The number of thioether (sulfide) groups is 1. The lowest BCUT2D eigenvalue weighted by molar-refractivity contribution is 0.0948. The van der Waals surface area contributed by atoms with E-state index in [9.17, 15) is 9.18 Å². The number of nitrogens with one attached hydrogen (secondary N) is 1. The number of Topliss-reactive ketones (excluding diaryl/α,β-unsaturated/α-hetero) is 1. The van der Waals surface area contributed by atoms with Crippen LogP contribution in [0.1, 0.15) is 10.4 Å². The van der Waals surface area contributed by atoms with Gasteiger partial charge >= 0.3 is 0 Å². The average Bonchev–Trinajstić information content (AvgIpc) is 2.39. The van der Waals surface area contributed by atoms with Crippen molar-refractivity contribution >= 4 is 17.5 Å². The monoisotopic (exact) mass is 255 g/mol. The van der Waals surface area contributed by atoms with Gasteiger partial charge in [0, 0.05) is 18.1 Å². The third kappa shape index (κ3) is 2.61. The molecule has 1 aliphatic heterocycles. The van der Waals surface area contributed by atoms with Gasteiger partial charge in [-0.25, -0.2) is 4.39 Å². The molecule has 1 heterocycles. The van der Waals surface area contributed by atoms with Crippen LogP contribution in [0.15, 0.2) is 18.2 Å². The zero-order chi connectivity index (χ0) is 12.3. The van der Waals surface area contributed by atoms with Crippen LogP contribution >= 0.6 is 11.8 Å². The molecule has 0 radical (unpaired) electrons. The summed E-state index contributed by atoms with van der Waals surface area (Å²) in [4.78, 5) is 12.1. The minimum Gasteiger partial charge on any atom is -0.494 e. The maximum atomic E-state index is 13.9. The molecule has 0 amide bonds. The van der Waals surface area contributed by atoms with E-state index >= 15 is 0 Å². The van der Waals surface area contributed by atoms with Crippen molar-refractivity contribution in [2.24, 2.45) is 0 Å². The number of carbonyl (C=O) groups excluding carboxylic acids is 1. The van der Waals surface area contributed by atoms with Crippen LogP contribution in [0.5, 0.6) is 5.75 Å². The van der Waals surface area contributed by atoms with E-state index < -0.39 is 5.82 Å². The molecular weight excluding hydrogens is 241 g/mol. The van der Waals surface area contributed by atoms with Crippen molar-refractivity contribution in [3.8, 4) is 5.75 Å². The fraction of sp³-hybridized carbons (Fsp3) is 0.417. The molecule has 1 aliphatic rings. The fourth-order valence-corrected chi connectivity index (χ4v) is 2.71. The van der Waals surface area contributed by atoms with Crippen LogP contribution < -0.4 is 10.1 Å². The third-order valence-corrected chi connectivity index (χ3v) is 3.75. The van der Waals surface area contributed by atoms with Crippen LogP contribution in [0.3, 0.4) is 0 Å². The van der Waals surface area contributed by atoms with E-state index in [1.165, 1.54) is 19.2 Å². The SMILES string of the molecule is COc1cccc(C(=O)C2CSCCN2)c1F. The van der Waals surface area contributed by atoms with Gasteiger partial charge in [-0.3, -0.25) is 4.79 Å². The quantitative estimate of drug-likeness (QED) is 0.835.